The number of aryl methyl sites for hydroxylation is 1. The number of carbonyl (C=O) groups is 2. The van der Waals surface area contributed by atoms with Crippen LogP contribution in [0.15, 0.2) is 24.4 Å². The Morgan fingerprint density at radius 3 is 2.88 bits per heavy atom. The number of nitrogens with one attached hydrogen (secondary N) is 2. The fraction of sp³-hybridized carbons (Fsp3) is 0.524. The highest BCUT2D eigenvalue weighted by atomic mass is 19.3. The molecule has 2 atom stereocenters. The van der Waals surface area contributed by atoms with Gasteiger partial charge in [0.2, 0.25) is 11.8 Å². The summed E-state index contributed by atoms with van der Waals surface area (Å²) in [5.41, 5.74) is -0.595. The summed E-state index contributed by atoms with van der Waals surface area (Å²) in [5, 5.41) is 24.5. The summed E-state index contributed by atoms with van der Waals surface area (Å²) in [6, 6.07) is 2.93. The molecule has 1 aromatic carbocycles. The van der Waals surface area contributed by atoms with Gasteiger partial charge < -0.3 is 15.2 Å². The van der Waals surface area contributed by atoms with Crippen LogP contribution in [0.5, 0.6) is 5.75 Å². The Balaban J connectivity index is 1.62. The second-order valence-electron chi connectivity index (χ2n) is 7.85. The molecule has 1 saturated heterocycles. The van der Waals surface area contributed by atoms with Crippen molar-refractivity contribution in [3.8, 4) is 5.75 Å². The molecule has 1 aliphatic heterocycles. The van der Waals surface area contributed by atoms with Gasteiger partial charge in [-0.3, -0.25) is 14.9 Å². The van der Waals surface area contributed by atoms with Crippen molar-refractivity contribution in [2.75, 3.05) is 6.54 Å². The third-order valence-corrected chi connectivity index (χ3v) is 5.62. The van der Waals surface area contributed by atoms with E-state index in [1.54, 1.807) is 13.1 Å². The molecular weight excluding hydrogens is 443 g/mol. The number of hydrogen-bond donors (Lipinski definition) is 3. The van der Waals surface area contributed by atoms with E-state index in [1.807, 2.05) is 0 Å². The molecule has 0 aliphatic carbocycles. The Labute approximate surface area is 188 Å². The monoisotopic (exact) mass is 469 g/mol. The number of nitrogens with zero attached hydrogens (tertiary/aromatic N) is 3. The number of piperidine rings is 1. The number of benzene rings is 1. The summed E-state index contributed by atoms with van der Waals surface area (Å²) in [7, 11) is 0. The van der Waals surface area contributed by atoms with Crippen LogP contribution >= 0.6 is 0 Å². The largest absolute Gasteiger partial charge is 0.432 e. The SMILES string of the molecule is CC[C@@](O)(Cn1nncc1CCCNC1CCC(=O)NC1=O)c1ccc(F)c(OC(F)F)c1. The summed E-state index contributed by atoms with van der Waals surface area (Å²) in [4.78, 5) is 23.0. The Bertz CT molecular complexity index is 987. The summed E-state index contributed by atoms with van der Waals surface area (Å²) in [6.45, 7) is -1.00. The van der Waals surface area contributed by atoms with Crippen LogP contribution in [0.2, 0.25) is 0 Å². The first kappa shape index (κ1) is 24.6. The topological polar surface area (TPSA) is 118 Å². The van der Waals surface area contributed by atoms with Crippen molar-refractivity contribution in [3.05, 3.63) is 41.5 Å². The first-order chi connectivity index (χ1) is 15.7. The zero-order chi connectivity index (χ0) is 24.0. The minimum Gasteiger partial charge on any atom is -0.432 e. The van der Waals surface area contributed by atoms with Gasteiger partial charge in [0.1, 0.15) is 5.60 Å². The van der Waals surface area contributed by atoms with E-state index in [9.17, 15) is 27.9 Å². The van der Waals surface area contributed by atoms with Gasteiger partial charge >= 0.3 is 6.61 Å². The maximum atomic E-state index is 13.8. The molecule has 1 fully saturated rings. The van der Waals surface area contributed by atoms with Gasteiger partial charge in [0.15, 0.2) is 11.6 Å². The van der Waals surface area contributed by atoms with Crippen molar-refractivity contribution in [2.24, 2.45) is 0 Å². The first-order valence-electron chi connectivity index (χ1n) is 10.6. The smallest absolute Gasteiger partial charge is 0.387 e. The van der Waals surface area contributed by atoms with Gasteiger partial charge in [-0.1, -0.05) is 18.2 Å². The lowest BCUT2D eigenvalue weighted by Crippen LogP contribution is -2.50. The summed E-state index contributed by atoms with van der Waals surface area (Å²) < 4.78 is 44.6. The molecule has 0 spiro atoms. The second kappa shape index (κ2) is 10.8. The molecule has 180 valence electrons. The van der Waals surface area contributed by atoms with Crippen LogP contribution in [0, 0.1) is 5.82 Å². The number of rotatable bonds is 11. The molecule has 1 unspecified atom stereocenters. The Kier molecular flexibility index (Phi) is 8.03. The minimum absolute atomic E-state index is 0.0286. The molecule has 3 rings (SSSR count). The van der Waals surface area contributed by atoms with Gasteiger partial charge in [-0.25, -0.2) is 9.07 Å². The number of amides is 2. The van der Waals surface area contributed by atoms with Gasteiger partial charge in [-0.2, -0.15) is 8.78 Å². The third-order valence-electron chi connectivity index (χ3n) is 5.62. The van der Waals surface area contributed by atoms with Gasteiger partial charge in [0, 0.05) is 6.42 Å². The average molecular weight is 469 g/mol. The van der Waals surface area contributed by atoms with E-state index in [4.69, 9.17) is 0 Å². The quantitative estimate of drug-likeness (QED) is 0.338. The third kappa shape index (κ3) is 6.29. The Hall–Kier alpha value is -2.99. The predicted molar refractivity (Wildman–Crippen MR) is 110 cm³/mol. The van der Waals surface area contributed by atoms with Crippen molar-refractivity contribution in [3.63, 3.8) is 0 Å². The van der Waals surface area contributed by atoms with E-state index < -0.39 is 29.8 Å². The lowest BCUT2D eigenvalue weighted by molar-refractivity contribution is -0.134. The van der Waals surface area contributed by atoms with Crippen molar-refractivity contribution in [1.82, 2.24) is 25.6 Å². The van der Waals surface area contributed by atoms with Crippen molar-refractivity contribution < 1.29 is 32.6 Å². The van der Waals surface area contributed by atoms with Gasteiger partial charge in [0.05, 0.1) is 24.5 Å². The van der Waals surface area contributed by atoms with Crippen molar-refractivity contribution >= 4 is 11.8 Å². The molecule has 0 bridgehead atoms. The fourth-order valence-electron chi connectivity index (χ4n) is 3.67. The first-order valence-corrected chi connectivity index (χ1v) is 10.6. The number of hydrogen-bond acceptors (Lipinski definition) is 7. The number of carbonyl (C=O) groups excluding carboxylic acids is 2. The second-order valence-corrected chi connectivity index (χ2v) is 7.85. The molecule has 2 heterocycles. The van der Waals surface area contributed by atoms with Crippen molar-refractivity contribution in [2.45, 2.75) is 63.8 Å². The van der Waals surface area contributed by atoms with E-state index in [0.717, 1.165) is 17.8 Å². The lowest BCUT2D eigenvalue weighted by atomic mass is 9.90. The van der Waals surface area contributed by atoms with E-state index in [-0.39, 0.29) is 30.3 Å². The zero-order valence-electron chi connectivity index (χ0n) is 18.1. The molecule has 12 heteroatoms. The van der Waals surface area contributed by atoms with Crippen LogP contribution in [0.3, 0.4) is 0 Å². The van der Waals surface area contributed by atoms with Gasteiger partial charge in [-0.15, -0.1) is 5.10 Å². The molecule has 0 saturated carbocycles. The number of ether oxygens (including phenoxy) is 1. The standard InChI is InChI=1S/C21H26F3N5O4/c1-2-21(32,13-5-6-15(22)17(10-13)33-20(23)24)12-29-14(11-26-28-29)4-3-9-25-16-7-8-18(30)27-19(16)31/h5-6,10-11,16,20,25,32H,2-4,7-9,12H2,1H3,(H,27,30,31)/t16?,21-/m1/s1. The zero-order valence-corrected chi connectivity index (χ0v) is 18.1. The lowest BCUT2D eigenvalue weighted by Gasteiger charge is -2.28. The molecule has 3 N–H and O–H groups in total. The molecule has 9 nitrogen and oxygen atoms in total. The molecule has 0 radical (unpaired) electrons. The van der Waals surface area contributed by atoms with E-state index in [1.165, 1.54) is 10.7 Å². The number of aliphatic hydroxyl groups is 1. The Morgan fingerprint density at radius 2 is 2.18 bits per heavy atom. The van der Waals surface area contributed by atoms with Crippen LogP contribution in [0.25, 0.3) is 0 Å². The molecule has 1 aliphatic rings. The normalized spacial score (nSPS) is 18.3. The van der Waals surface area contributed by atoms with Gasteiger partial charge in [-0.05, 0) is 49.9 Å². The highest BCUT2D eigenvalue weighted by Gasteiger charge is 2.31. The van der Waals surface area contributed by atoms with Crippen LogP contribution in [0.1, 0.15) is 43.9 Å². The van der Waals surface area contributed by atoms with Gasteiger partial charge in [0.25, 0.3) is 0 Å². The van der Waals surface area contributed by atoms with E-state index >= 15 is 0 Å². The fourth-order valence-corrected chi connectivity index (χ4v) is 3.67. The van der Waals surface area contributed by atoms with Crippen molar-refractivity contribution in [1.29, 1.82) is 0 Å². The maximum Gasteiger partial charge on any atom is 0.387 e. The number of aromatic nitrogens is 3. The van der Waals surface area contributed by atoms with Crippen LogP contribution in [-0.4, -0.2) is 51.1 Å². The number of imide groups is 1. The molecule has 2 aromatic rings. The van der Waals surface area contributed by atoms with Crippen LogP contribution in [-0.2, 0) is 28.2 Å². The number of alkyl halides is 2. The minimum atomic E-state index is -3.19. The van der Waals surface area contributed by atoms with E-state index in [0.29, 0.717) is 32.2 Å². The summed E-state index contributed by atoms with van der Waals surface area (Å²) >= 11 is 0. The molecule has 1 aromatic heterocycles. The predicted octanol–water partition coefficient (Wildman–Crippen LogP) is 1.64. The molecular formula is C21H26F3N5O4. The van der Waals surface area contributed by atoms with E-state index in [2.05, 4.69) is 25.7 Å². The average Bonchev–Trinajstić information content (AvgIpc) is 3.20. The Morgan fingerprint density at radius 1 is 1.39 bits per heavy atom. The van der Waals surface area contributed by atoms with Crippen LogP contribution < -0.4 is 15.4 Å². The molecule has 2 amide bonds. The summed E-state index contributed by atoms with van der Waals surface area (Å²) in [5.74, 6) is -2.21. The highest BCUT2D eigenvalue weighted by molar-refractivity contribution is 6.00. The highest BCUT2D eigenvalue weighted by Crippen LogP contribution is 2.32. The number of halogens is 3. The molecule has 33 heavy (non-hydrogen) atoms. The maximum absolute atomic E-state index is 13.8. The van der Waals surface area contributed by atoms with Crippen LogP contribution in [0.4, 0.5) is 13.2 Å². The summed E-state index contributed by atoms with van der Waals surface area (Å²) in [6.07, 6.45) is 3.67.